The highest BCUT2D eigenvalue weighted by atomic mass is 79.9. The molecule has 0 atom stereocenters. The number of nitrogens with zero attached hydrogens (tertiary/aromatic N) is 3. The number of pyridine rings is 3. The second kappa shape index (κ2) is 6.63. The van der Waals surface area contributed by atoms with Gasteiger partial charge in [-0.2, -0.15) is 0 Å². The summed E-state index contributed by atoms with van der Waals surface area (Å²) in [6.07, 6.45) is 3.32. The number of fused-ring (bicyclic) bond motifs is 1. The number of nitrogens with two attached hydrogens (primary N) is 1. The van der Waals surface area contributed by atoms with E-state index in [0.717, 1.165) is 16.5 Å². The highest BCUT2D eigenvalue weighted by molar-refractivity contribution is 9.10. The molecule has 4 nitrogen and oxygen atoms in total. The van der Waals surface area contributed by atoms with Crippen LogP contribution in [0.15, 0.2) is 59.3 Å². The normalized spacial score (nSPS) is 11.0. The SMILES string of the molecule is Nc1ncc(-c2cc(-c3cc([ClH+])ccc3F)nc3ncccc23)cc1Br. The number of nitrogen functional groups attached to an aromatic ring is 1. The van der Waals surface area contributed by atoms with Crippen LogP contribution >= 0.6 is 15.9 Å². The van der Waals surface area contributed by atoms with Gasteiger partial charge in [-0.05, 0) is 51.8 Å². The van der Waals surface area contributed by atoms with Gasteiger partial charge in [-0.3, -0.25) is 0 Å². The minimum absolute atomic E-state index is 0.341. The van der Waals surface area contributed by atoms with Crippen LogP contribution in [-0.2, 0) is 0 Å². The number of hydrogen-bond acceptors (Lipinski definition) is 4. The maximum absolute atomic E-state index is 14.4. The summed E-state index contributed by atoms with van der Waals surface area (Å²) in [6.45, 7) is 0. The molecule has 0 fully saturated rings. The molecular formula is C19H12BrClFN4+. The molecule has 26 heavy (non-hydrogen) atoms. The van der Waals surface area contributed by atoms with Gasteiger partial charge in [-0.1, -0.05) is 0 Å². The van der Waals surface area contributed by atoms with E-state index in [1.54, 1.807) is 24.5 Å². The molecule has 4 aromatic rings. The monoisotopic (exact) mass is 429 g/mol. The minimum atomic E-state index is -0.385. The molecule has 128 valence electrons. The third-order valence-electron chi connectivity index (χ3n) is 3.98. The Bertz CT molecular complexity index is 1150. The van der Waals surface area contributed by atoms with Gasteiger partial charge < -0.3 is 5.73 Å². The average molecular weight is 431 g/mol. The van der Waals surface area contributed by atoms with Crippen molar-refractivity contribution in [2.75, 3.05) is 5.73 Å². The Morgan fingerprint density at radius 2 is 1.88 bits per heavy atom. The van der Waals surface area contributed by atoms with Crippen molar-refractivity contribution in [1.82, 2.24) is 15.0 Å². The summed E-state index contributed by atoms with van der Waals surface area (Å²) in [5.74, 6) is 0.0132. The molecule has 3 heterocycles. The van der Waals surface area contributed by atoms with Crippen LogP contribution in [-0.4, -0.2) is 15.0 Å². The van der Waals surface area contributed by atoms with Gasteiger partial charge in [-0.25, -0.2) is 19.3 Å². The van der Waals surface area contributed by atoms with Gasteiger partial charge >= 0.3 is 0 Å². The van der Waals surface area contributed by atoms with Crippen molar-refractivity contribution in [1.29, 1.82) is 0 Å². The Morgan fingerprint density at radius 1 is 1.04 bits per heavy atom. The molecule has 1 aromatic carbocycles. The van der Waals surface area contributed by atoms with Crippen LogP contribution in [0.4, 0.5) is 10.2 Å². The molecule has 0 amide bonds. The van der Waals surface area contributed by atoms with Crippen LogP contribution in [0.5, 0.6) is 0 Å². The maximum Gasteiger partial charge on any atom is 0.226 e. The van der Waals surface area contributed by atoms with E-state index >= 15 is 0 Å². The zero-order valence-electron chi connectivity index (χ0n) is 13.3. The lowest BCUT2D eigenvalue weighted by Crippen LogP contribution is -1.96. The van der Waals surface area contributed by atoms with Crippen molar-refractivity contribution in [3.05, 3.63) is 70.2 Å². The number of halogens is 3. The van der Waals surface area contributed by atoms with Gasteiger partial charge in [0.2, 0.25) is 5.02 Å². The molecule has 0 radical (unpaired) electrons. The quantitative estimate of drug-likeness (QED) is 0.507. The third-order valence-corrected chi connectivity index (χ3v) is 4.87. The molecule has 0 spiro atoms. The number of aromatic nitrogens is 3. The highest BCUT2D eigenvalue weighted by Gasteiger charge is 2.15. The van der Waals surface area contributed by atoms with Crippen molar-refractivity contribution in [3.8, 4) is 22.4 Å². The smallest absolute Gasteiger partial charge is 0.226 e. The second-order valence-corrected chi connectivity index (χ2v) is 6.99. The van der Waals surface area contributed by atoms with E-state index in [4.69, 9.17) is 17.3 Å². The number of hydrogen-bond donors (Lipinski definition) is 1. The van der Waals surface area contributed by atoms with Crippen molar-refractivity contribution in [2.45, 2.75) is 0 Å². The van der Waals surface area contributed by atoms with E-state index in [1.807, 2.05) is 24.3 Å². The summed E-state index contributed by atoms with van der Waals surface area (Å²) in [5.41, 5.74) is 8.77. The molecule has 2 N–H and O–H groups in total. The largest absolute Gasteiger partial charge is 0.383 e. The Hall–Kier alpha value is -2.57. The van der Waals surface area contributed by atoms with Gasteiger partial charge in [0.15, 0.2) is 17.2 Å². The molecule has 3 aromatic heterocycles. The lowest BCUT2D eigenvalue weighted by Gasteiger charge is -2.10. The molecule has 0 bridgehead atoms. The minimum Gasteiger partial charge on any atom is -0.383 e. The Labute approximate surface area is 162 Å². The first-order valence-electron chi connectivity index (χ1n) is 7.67. The lowest BCUT2D eigenvalue weighted by atomic mass is 10.0. The second-order valence-electron chi connectivity index (χ2n) is 5.66. The first kappa shape index (κ1) is 16.9. The summed E-state index contributed by atoms with van der Waals surface area (Å²) in [7, 11) is 0. The Kier molecular flexibility index (Phi) is 4.30. The first-order chi connectivity index (χ1) is 12.5. The van der Waals surface area contributed by atoms with E-state index in [1.165, 1.54) is 6.07 Å². The number of anilines is 1. The molecule has 0 aliphatic heterocycles. The van der Waals surface area contributed by atoms with E-state index in [-0.39, 0.29) is 5.82 Å². The van der Waals surface area contributed by atoms with Crippen molar-refractivity contribution < 1.29 is 16.0 Å². The molecule has 0 aliphatic carbocycles. The van der Waals surface area contributed by atoms with Crippen LogP contribution < -0.4 is 5.73 Å². The van der Waals surface area contributed by atoms with E-state index in [2.05, 4.69) is 30.9 Å². The highest BCUT2D eigenvalue weighted by Crippen LogP contribution is 2.34. The molecule has 0 unspecified atom stereocenters. The molecule has 0 saturated carbocycles. The average Bonchev–Trinajstić information content (AvgIpc) is 2.65. The van der Waals surface area contributed by atoms with Crippen LogP contribution in [0, 0.1) is 17.4 Å². The maximum atomic E-state index is 14.4. The van der Waals surface area contributed by atoms with Crippen LogP contribution in [0.1, 0.15) is 0 Å². The Balaban J connectivity index is 2.02. The molecule has 4 rings (SSSR count). The van der Waals surface area contributed by atoms with Gasteiger partial charge in [0.05, 0.1) is 10.2 Å². The Morgan fingerprint density at radius 3 is 2.69 bits per heavy atom. The van der Waals surface area contributed by atoms with E-state index < -0.39 is 0 Å². The predicted octanol–water partition coefficient (Wildman–Crippen LogP) is 4.54. The zero-order chi connectivity index (χ0) is 18.3. The topological polar surface area (TPSA) is 64.7 Å². The summed E-state index contributed by atoms with van der Waals surface area (Å²) in [4.78, 5) is 13.0. The summed E-state index contributed by atoms with van der Waals surface area (Å²) < 4.78 is 15.0. The fraction of sp³-hybridized carbons (Fsp3) is 0. The van der Waals surface area contributed by atoms with Gasteiger partial charge in [0.1, 0.15) is 11.6 Å². The van der Waals surface area contributed by atoms with Crippen molar-refractivity contribution >= 4 is 32.8 Å². The predicted molar refractivity (Wildman–Crippen MR) is 101 cm³/mol. The molecular weight excluding hydrogens is 419 g/mol. The van der Waals surface area contributed by atoms with Crippen molar-refractivity contribution in [2.24, 2.45) is 0 Å². The van der Waals surface area contributed by atoms with Gasteiger partial charge in [-0.15, -0.1) is 0 Å². The van der Waals surface area contributed by atoms with Crippen LogP contribution in [0.25, 0.3) is 33.4 Å². The van der Waals surface area contributed by atoms with Gasteiger partial charge in [0, 0.05) is 41.0 Å². The van der Waals surface area contributed by atoms with E-state index in [9.17, 15) is 4.39 Å². The summed E-state index contributed by atoms with van der Waals surface area (Å²) >= 11 is 8.57. The number of rotatable bonds is 2. The fourth-order valence-electron chi connectivity index (χ4n) is 2.73. The fourth-order valence-corrected chi connectivity index (χ4v) is 3.27. The van der Waals surface area contributed by atoms with Crippen LogP contribution in [0.3, 0.4) is 0 Å². The lowest BCUT2D eigenvalue weighted by molar-refractivity contribution is -0.288. The standard InChI is InChI=1S/C19H12BrClFN4/c20-15-6-10(9-25-18(15)23)13-8-17(14-7-11(21)3-4-16(14)22)26-19-12(13)2-1-5-24-19/h1-9,21H,(H2,23,25)/q+1. The summed E-state index contributed by atoms with van der Waals surface area (Å²) in [5, 5.41) is 1.38. The zero-order valence-corrected chi connectivity index (χ0v) is 15.7. The van der Waals surface area contributed by atoms with Crippen LogP contribution in [0.2, 0.25) is 5.02 Å². The van der Waals surface area contributed by atoms with Crippen molar-refractivity contribution in [3.63, 3.8) is 0 Å². The van der Waals surface area contributed by atoms with Gasteiger partial charge in [0.25, 0.3) is 0 Å². The third kappa shape index (κ3) is 3.02. The molecule has 0 saturated heterocycles. The molecule has 7 heteroatoms. The van der Waals surface area contributed by atoms with E-state index in [0.29, 0.717) is 32.2 Å². The number of benzene rings is 1. The molecule has 0 aliphatic rings. The first-order valence-corrected chi connectivity index (χ1v) is 8.87. The summed E-state index contributed by atoms with van der Waals surface area (Å²) in [6, 6.07) is 11.9.